The van der Waals surface area contributed by atoms with E-state index in [0.717, 1.165) is 19.3 Å². The van der Waals surface area contributed by atoms with Gasteiger partial charge in [-0.3, -0.25) is 9.59 Å². The molecular weight excluding hydrogens is 280 g/mol. The van der Waals surface area contributed by atoms with Crippen LogP contribution in [0.3, 0.4) is 0 Å². The minimum absolute atomic E-state index is 0.0652. The SMILES string of the molecule is CC(C)(C)CC(=O)O[C@@H]1CCC[C@H](OC(=O)CC(C)(C)C)C1. The summed E-state index contributed by atoms with van der Waals surface area (Å²) >= 11 is 0. The summed E-state index contributed by atoms with van der Waals surface area (Å²) in [5.41, 5.74) is -0.130. The topological polar surface area (TPSA) is 52.6 Å². The maximum Gasteiger partial charge on any atom is 0.306 e. The van der Waals surface area contributed by atoms with Gasteiger partial charge in [-0.15, -0.1) is 0 Å². The molecule has 0 unspecified atom stereocenters. The van der Waals surface area contributed by atoms with E-state index in [-0.39, 0.29) is 35.0 Å². The molecule has 0 aromatic rings. The van der Waals surface area contributed by atoms with Crippen molar-refractivity contribution >= 4 is 11.9 Å². The summed E-state index contributed by atoms with van der Waals surface area (Å²) in [4.78, 5) is 23.8. The number of carbonyl (C=O) groups excluding carboxylic acids is 2. The van der Waals surface area contributed by atoms with E-state index >= 15 is 0 Å². The first-order chi connectivity index (χ1) is 9.94. The van der Waals surface area contributed by atoms with Gasteiger partial charge < -0.3 is 9.47 Å². The average molecular weight is 312 g/mol. The van der Waals surface area contributed by atoms with Gasteiger partial charge in [0, 0.05) is 6.42 Å². The van der Waals surface area contributed by atoms with Crippen molar-refractivity contribution in [1.82, 2.24) is 0 Å². The third-order valence-electron chi connectivity index (χ3n) is 3.52. The quantitative estimate of drug-likeness (QED) is 0.728. The second-order valence-electron chi connectivity index (χ2n) is 8.87. The lowest BCUT2D eigenvalue weighted by molar-refractivity contribution is -0.160. The van der Waals surface area contributed by atoms with Crippen LogP contribution in [0.25, 0.3) is 0 Å². The van der Waals surface area contributed by atoms with E-state index < -0.39 is 0 Å². The molecule has 1 saturated carbocycles. The summed E-state index contributed by atoms with van der Waals surface area (Å²) < 4.78 is 11.1. The van der Waals surface area contributed by atoms with Crippen LogP contribution in [0.2, 0.25) is 0 Å². The first kappa shape index (κ1) is 19.0. The lowest BCUT2D eigenvalue weighted by Crippen LogP contribution is -2.32. The second-order valence-corrected chi connectivity index (χ2v) is 8.87. The van der Waals surface area contributed by atoms with E-state index in [1.54, 1.807) is 0 Å². The minimum Gasteiger partial charge on any atom is -0.462 e. The standard InChI is InChI=1S/C18H32O4/c1-17(2,3)11-15(19)21-13-8-7-9-14(10-13)22-16(20)12-18(4,5)6/h13-14H,7-12H2,1-6H3/t13-,14+. The van der Waals surface area contributed by atoms with Crippen LogP contribution in [0.15, 0.2) is 0 Å². The Morgan fingerprint density at radius 1 is 0.818 bits per heavy atom. The zero-order valence-corrected chi connectivity index (χ0v) is 15.0. The molecule has 0 amide bonds. The highest BCUT2D eigenvalue weighted by Crippen LogP contribution is 2.27. The normalized spacial score (nSPS) is 23.0. The first-order valence-electron chi connectivity index (χ1n) is 8.34. The van der Waals surface area contributed by atoms with Crippen LogP contribution < -0.4 is 0 Å². The van der Waals surface area contributed by atoms with Gasteiger partial charge in [0.2, 0.25) is 0 Å². The largest absolute Gasteiger partial charge is 0.462 e. The number of hydrogen-bond acceptors (Lipinski definition) is 4. The predicted octanol–water partition coefficient (Wildman–Crippen LogP) is 4.26. The van der Waals surface area contributed by atoms with Crippen LogP contribution in [0.4, 0.5) is 0 Å². The Kier molecular flexibility index (Phi) is 6.45. The Morgan fingerprint density at radius 3 is 1.50 bits per heavy atom. The Morgan fingerprint density at radius 2 is 1.18 bits per heavy atom. The van der Waals surface area contributed by atoms with Crippen molar-refractivity contribution in [1.29, 1.82) is 0 Å². The predicted molar refractivity (Wildman–Crippen MR) is 86.4 cm³/mol. The fourth-order valence-corrected chi connectivity index (χ4v) is 2.64. The number of rotatable bonds is 4. The Balaban J connectivity index is 2.41. The molecule has 128 valence electrons. The number of esters is 2. The molecule has 1 aliphatic rings. The van der Waals surface area contributed by atoms with Gasteiger partial charge in [-0.1, -0.05) is 41.5 Å². The van der Waals surface area contributed by atoms with Gasteiger partial charge in [0.25, 0.3) is 0 Å². The lowest BCUT2D eigenvalue weighted by atomic mass is 9.91. The number of hydrogen-bond donors (Lipinski definition) is 0. The van der Waals surface area contributed by atoms with Crippen molar-refractivity contribution in [3.05, 3.63) is 0 Å². The first-order valence-corrected chi connectivity index (χ1v) is 8.34. The van der Waals surface area contributed by atoms with Crippen LogP contribution >= 0.6 is 0 Å². The van der Waals surface area contributed by atoms with Crippen LogP contribution in [-0.2, 0) is 19.1 Å². The maximum atomic E-state index is 11.9. The molecule has 2 atom stereocenters. The molecule has 1 fully saturated rings. The number of carbonyl (C=O) groups is 2. The number of ether oxygens (including phenoxy) is 2. The van der Waals surface area contributed by atoms with Crippen molar-refractivity contribution in [3.8, 4) is 0 Å². The molecule has 0 aromatic carbocycles. The fourth-order valence-electron chi connectivity index (χ4n) is 2.64. The molecule has 0 spiro atoms. The summed E-state index contributed by atoms with van der Waals surface area (Å²) in [7, 11) is 0. The van der Waals surface area contributed by atoms with Crippen molar-refractivity contribution in [3.63, 3.8) is 0 Å². The van der Waals surface area contributed by atoms with Crippen LogP contribution in [0, 0.1) is 10.8 Å². The summed E-state index contributed by atoms with van der Waals surface area (Å²) in [5, 5.41) is 0. The van der Waals surface area contributed by atoms with Crippen LogP contribution in [0.1, 0.15) is 80.1 Å². The van der Waals surface area contributed by atoms with E-state index in [0.29, 0.717) is 19.3 Å². The molecule has 0 N–H and O–H groups in total. The van der Waals surface area contributed by atoms with E-state index in [9.17, 15) is 9.59 Å². The molecule has 0 bridgehead atoms. The molecule has 4 heteroatoms. The average Bonchev–Trinajstić information content (AvgIpc) is 2.22. The Hall–Kier alpha value is -1.06. The Labute approximate surface area is 134 Å². The van der Waals surface area contributed by atoms with E-state index in [1.807, 2.05) is 41.5 Å². The summed E-state index contributed by atoms with van der Waals surface area (Å²) in [6.07, 6.45) is 3.89. The zero-order chi connectivity index (χ0) is 17.0. The molecule has 0 radical (unpaired) electrons. The van der Waals surface area contributed by atoms with E-state index in [4.69, 9.17) is 9.47 Å². The van der Waals surface area contributed by atoms with E-state index in [2.05, 4.69) is 0 Å². The highest BCUT2D eigenvalue weighted by atomic mass is 16.6. The molecule has 0 saturated heterocycles. The van der Waals surface area contributed by atoms with Gasteiger partial charge in [-0.2, -0.15) is 0 Å². The molecule has 0 aliphatic heterocycles. The summed E-state index contributed by atoms with van der Waals surface area (Å²) in [5.74, 6) is -0.307. The molecule has 0 heterocycles. The van der Waals surface area contributed by atoms with Crippen LogP contribution in [-0.4, -0.2) is 24.1 Å². The lowest BCUT2D eigenvalue weighted by Gasteiger charge is -2.30. The van der Waals surface area contributed by atoms with Gasteiger partial charge >= 0.3 is 11.9 Å². The van der Waals surface area contributed by atoms with Gasteiger partial charge in [0.05, 0.1) is 12.8 Å². The summed E-state index contributed by atoms with van der Waals surface area (Å²) in [6, 6.07) is 0. The molecular formula is C18H32O4. The van der Waals surface area contributed by atoms with Crippen LogP contribution in [0.5, 0.6) is 0 Å². The fraction of sp³-hybridized carbons (Fsp3) is 0.889. The van der Waals surface area contributed by atoms with Crippen molar-refractivity contribution in [2.75, 3.05) is 0 Å². The smallest absolute Gasteiger partial charge is 0.306 e. The Bertz CT molecular complexity index is 351. The molecule has 4 nitrogen and oxygen atoms in total. The van der Waals surface area contributed by atoms with Gasteiger partial charge in [-0.05, 0) is 30.1 Å². The van der Waals surface area contributed by atoms with Gasteiger partial charge in [-0.25, -0.2) is 0 Å². The molecule has 1 rings (SSSR count). The molecule has 0 aromatic heterocycles. The van der Waals surface area contributed by atoms with Gasteiger partial charge in [0.15, 0.2) is 0 Å². The molecule has 22 heavy (non-hydrogen) atoms. The van der Waals surface area contributed by atoms with Crippen molar-refractivity contribution in [2.45, 2.75) is 92.3 Å². The summed E-state index contributed by atoms with van der Waals surface area (Å²) in [6.45, 7) is 12.1. The van der Waals surface area contributed by atoms with Crippen molar-refractivity contribution in [2.24, 2.45) is 10.8 Å². The minimum atomic E-state index is -0.154. The van der Waals surface area contributed by atoms with Gasteiger partial charge in [0.1, 0.15) is 12.2 Å². The van der Waals surface area contributed by atoms with E-state index in [1.165, 1.54) is 0 Å². The monoisotopic (exact) mass is 312 g/mol. The maximum absolute atomic E-state index is 11.9. The zero-order valence-electron chi connectivity index (χ0n) is 15.0. The highest BCUT2D eigenvalue weighted by molar-refractivity contribution is 5.71. The van der Waals surface area contributed by atoms with Crippen molar-refractivity contribution < 1.29 is 19.1 Å². The second kappa shape index (κ2) is 7.47. The third-order valence-corrected chi connectivity index (χ3v) is 3.52. The third kappa shape index (κ3) is 8.40. The highest BCUT2D eigenvalue weighted by Gasteiger charge is 2.29. The molecule has 1 aliphatic carbocycles.